The average Bonchev–Trinajstić information content (AvgIpc) is 3.30. The van der Waals surface area contributed by atoms with E-state index in [4.69, 9.17) is 4.74 Å². The number of hydrogen-bond donors (Lipinski definition) is 0. The smallest absolute Gasteiger partial charge is 0.305 e. The predicted octanol–water partition coefficient (Wildman–Crippen LogP) is 5.51. The monoisotopic (exact) mass is 326 g/mol. The Morgan fingerprint density at radius 2 is 1.78 bits per heavy atom. The van der Waals surface area contributed by atoms with Crippen LogP contribution in [0, 0.1) is 11.8 Å². The molecule has 0 radical (unpaired) electrons. The highest BCUT2D eigenvalue weighted by Crippen LogP contribution is 2.42. The van der Waals surface area contributed by atoms with E-state index in [0.717, 1.165) is 31.3 Å². The summed E-state index contributed by atoms with van der Waals surface area (Å²) in [7, 11) is 1.46. The predicted molar refractivity (Wildman–Crippen MR) is 95.5 cm³/mol. The number of hydrogen-bond acceptors (Lipinski definition) is 3. The number of carbonyl (C=O) groups excluding carboxylic acids is 1. The number of unbranched alkanes of at least 4 members (excludes halogenated alkanes) is 6. The van der Waals surface area contributed by atoms with Crippen molar-refractivity contribution in [2.75, 3.05) is 13.7 Å². The maximum absolute atomic E-state index is 11.0. The average molecular weight is 327 g/mol. The topological polar surface area (TPSA) is 35.5 Å². The normalized spacial score (nSPS) is 21.2. The Kier molecular flexibility index (Phi) is 11.4. The number of methoxy groups -OCH3 is 1. The minimum absolute atomic E-state index is 0.0743. The third-order valence-electron chi connectivity index (χ3n) is 5.06. The molecule has 0 N–H and O–H groups in total. The number of ether oxygens (including phenoxy) is 2. The first-order chi connectivity index (χ1) is 11.2. The van der Waals surface area contributed by atoms with Gasteiger partial charge >= 0.3 is 5.97 Å². The number of rotatable bonds is 15. The van der Waals surface area contributed by atoms with E-state index in [-0.39, 0.29) is 5.97 Å². The Bertz CT molecular complexity index is 303. The summed E-state index contributed by atoms with van der Waals surface area (Å²) >= 11 is 0. The van der Waals surface area contributed by atoms with E-state index in [2.05, 4.69) is 18.6 Å². The molecule has 0 aliphatic heterocycles. The summed E-state index contributed by atoms with van der Waals surface area (Å²) in [5, 5.41) is 0. The van der Waals surface area contributed by atoms with Crippen LogP contribution >= 0.6 is 0 Å². The van der Waals surface area contributed by atoms with Crippen LogP contribution in [0.2, 0.25) is 0 Å². The Morgan fingerprint density at radius 1 is 1.04 bits per heavy atom. The van der Waals surface area contributed by atoms with Gasteiger partial charge in [0.15, 0.2) is 0 Å². The lowest BCUT2D eigenvalue weighted by atomic mass is 10.1. The van der Waals surface area contributed by atoms with Crippen LogP contribution in [0.1, 0.15) is 90.9 Å². The molecular weight excluding hydrogens is 288 g/mol. The summed E-state index contributed by atoms with van der Waals surface area (Å²) in [6.45, 7) is 5.46. The molecular formula is C20H38O3. The van der Waals surface area contributed by atoms with E-state index in [1.807, 2.05) is 0 Å². The lowest BCUT2D eigenvalue weighted by molar-refractivity contribution is -0.140. The van der Waals surface area contributed by atoms with Crippen LogP contribution in [0.3, 0.4) is 0 Å². The van der Waals surface area contributed by atoms with Crippen LogP contribution in [0.25, 0.3) is 0 Å². The van der Waals surface area contributed by atoms with Gasteiger partial charge in [-0.25, -0.2) is 0 Å². The van der Waals surface area contributed by atoms with Crippen molar-refractivity contribution in [1.82, 2.24) is 0 Å². The molecule has 0 aromatic heterocycles. The fourth-order valence-electron chi connectivity index (χ4n) is 3.23. The van der Waals surface area contributed by atoms with Crippen molar-refractivity contribution < 1.29 is 14.3 Å². The van der Waals surface area contributed by atoms with Gasteiger partial charge in [-0.05, 0) is 38.0 Å². The van der Waals surface area contributed by atoms with Crippen LogP contribution in [0.4, 0.5) is 0 Å². The summed E-state index contributed by atoms with van der Waals surface area (Å²) in [5.74, 6) is 1.69. The molecule has 0 spiro atoms. The number of carbonyl (C=O) groups is 1. The first kappa shape index (κ1) is 20.5. The molecule has 1 rings (SSSR count). The molecule has 23 heavy (non-hydrogen) atoms. The van der Waals surface area contributed by atoms with Crippen molar-refractivity contribution in [2.45, 2.75) is 97.0 Å². The fraction of sp³-hybridized carbons (Fsp3) is 0.950. The molecule has 0 heterocycles. The Balaban J connectivity index is 1.85. The van der Waals surface area contributed by atoms with E-state index < -0.39 is 0 Å². The summed E-state index contributed by atoms with van der Waals surface area (Å²) < 4.78 is 10.6. The molecule has 3 nitrogen and oxygen atoms in total. The van der Waals surface area contributed by atoms with Crippen molar-refractivity contribution >= 4 is 5.97 Å². The zero-order chi connectivity index (χ0) is 16.9. The van der Waals surface area contributed by atoms with E-state index in [1.165, 1.54) is 64.9 Å². The molecule has 0 saturated heterocycles. The second-order valence-corrected chi connectivity index (χ2v) is 7.28. The Morgan fingerprint density at radius 3 is 2.52 bits per heavy atom. The maximum atomic E-state index is 11.0. The lowest BCUT2D eigenvalue weighted by Gasteiger charge is -2.12. The quantitative estimate of drug-likeness (QED) is 0.294. The summed E-state index contributed by atoms with van der Waals surface area (Å²) in [4.78, 5) is 11.0. The van der Waals surface area contributed by atoms with Crippen molar-refractivity contribution in [2.24, 2.45) is 11.8 Å². The third kappa shape index (κ3) is 10.8. The molecule has 0 aromatic rings. The fourth-order valence-corrected chi connectivity index (χ4v) is 3.23. The molecule has 1 fully saturated rings. The molecule has 1 saturated carbocycles. The molecule has 0 amide bonds. The van der Waals surface area contributed by atoms with E-state index in [1.54, 1.807) is 0 Å². The van der Waals surface area contributed by atoms with Crippen molar-refractivity contribution in [3.8, 4) is 0 Å². The minimum Gasteiger partial charge on any atom is -0.469 e. The van der Waals surface area contributed by atoms with Crippen molar-refractivity contribution in [1.29, 1.82) is 0 Å². The van der Waals surface area contributed by atoms with Gasteiger partial charge in [-0.15, -0.1) is 0 Å². The second-order valence-electron chi connectivity index (χ2n) is 7.28. The van der Waals surface area contributed by atoms with Crippen molar-refractivity contribution in [3.05, 3.63) is 0 Å². The third-order valence-corrected chi connectivity index (χ3v) is 5.06. The van der Waals surface area contributed by atoms with E-state index in [0.29, 0.717) is 12.5 Å². The Hall–Kier alpha value is -0.570. The standard InChI is InChI=1S/C20H38O3/c1-4-5-9-12-17(2)23-16-19-15-18(19)13-10-7-6-8-11-14-20(21)22-3/h17-19H,4-16H2,1-3H3. The van der Waals surface area contributed by atoms with Gasteiger partial charge in [0.2, 0.25) is 0 Å². The van der Waals surface area contributed by atoms with Crippen molar-refractivity contribution in [3.63, 3.8) is 0 Å². The van der Waals surface area contributed by atoms with Crippen LogP contribution < -0.4 is 0 Å². The second kappa shape index (κ2) is 12.8. The highest BCUT2D eigenvalue weighted by molar-refractivity contribution is 5.68. The Labute approximate surface area is 143 Å². The van der Waals surface area contributed by atoms with Crippen LogP contribution in [-0.4, -0.2) is 25.8 Å². The highest BCUT2D eigenvalue weighted by atomic mass is 16.5. The van der Waals surface area contributed by atoms with E-state index in [9.17, 15) is 4.79 Å². The molecule has 1 aliphatic carbocycles. The van der Waals surface area contributed by atoms with Gasteiger partial charge in [-0.3, -0.25) is 4.79 Å². The molecule has 0 aromatic carbocycles. The SMILES string of the molecule is CCCCCC(C)OCC1CC1CCCCCCCC(=O)OC. The molecule has 1 aliphatic rings. The maximum Gasteiger partial charge on any atom is 0.305 e. The van der Waals surface area contributed by atoms with Crippen LogP contribution in [0.15, 0.2) is 0 Å². The zero-order valence-corrected chi connectivity index (χ0v) is 15.6. The van der Waals surface area contributed by atoms with Gasteiger partial charge in [0.05, 0.1) is 19.8 Å². The van der Waals surface area contributed by atoms with Crippen LogP contribution in [0.5, 0.6) is 0 Å². The first-order valence-electron chi connectivity index (χ1n) is 9.85. The minimum atomic E-state index is -0.0743. The first-order valence-corrected chi connectivity index (χ1v) is 9.85. The molecule has 0 bridgehead atoms. The molecule has 3 heteroatoms. The number of esters is 1. The van der Waals surface area contributed by atoms with Gasteiger partial charge in [-0.1, -0.05) is 58.3 Å². The van der Waals surface area contributed by atoms with Gasteiger partial charge in [0.1, 0.15) is 0 Å². The highest BCUT2D eigenvalue weighted by Gasteiger charge is 2.36. The summed E-state index contributed by atoms with van der Waals surface area (Å²) in [5.41, 5.74) is 0. The lowest BCUT2D eigenvalue weighted by Crippen LogP contribution is -2.10. The zero-order valence-electron chi connectivity index (χ0n) is 15.6. The van der Waals surface area contributed by atoms with Gasteiger partial charge in [0, 0.05) is 6.42 Å². The van der Waals surface area contributed by atoms with Gasteiger partial charge < -0.3 is 9.47 Å². The van der Waals surface area contributed by atoms with E-state index >= 15 is 0 Å². The molecule has 3 atom stereocenters. The summed E-state index contributed by atoms with van der Waals surface area (Å²) in [6, 6.07) is 0. The summed E-state index contributed by atoms with van der Waals surface area (Å²) in [6.07, 6.45) is 14.9. The molecule has 136 valence electrons. The van der Waals surface area contributed by atoms with Gasteiger partial charge in [0.25, 0.3) is 0 Å². The van der Waals surface area contributed by atoms with Gasteiger partial charge in [-0.2, -0.15) is 0 Å². The van der Waals surface area contributed by atoms with Crippen LogP contribution in [-0.2, 0) is 14.3 Å². The molecule has 3 unspecified atom stereocenters. The largest absolute Gasteiger partial charge is 0.469 e.